The lowest BCUT2D eigenvalue weighted by Crippen LogP contribution is -2.30. The Bertz CT molecular complexity index is 738. The van der Waals surface area contributed by atoms with Crippen LogP contribution in [0.5, 0.6) is 0 Å². The van der Waals surface area contributed by atoms with Crippen LogP contribution in [0.2, 0.25) is 0 Å². The van der Waals surface area contributed by atoms with Crippen LogP contribution < -0.4 is 10.9 Å². The number of nitrogens with one attached hydrogen (secondary N) is 2. The number of nitrogens with zero attached hydrogens (tertiary/aromatic N) is 2. The number of rotatable bonds is 5. The van der Waals surface area contributed by atoms with Crippen molar-refractivity contribution in [1.82, 2.24) is 15.2 Å². The molecule has 2 N–H and O–H groups in total. The van der Waals surface area contributed by atoms with Gasteiger partial charge >= 0.3 is 0 Å². The van der Waals surface area contributed by atoms with E-state index in [9.17, 15) is 4.79 Å². The Balaban J connectivity index is 1.57. The number of aromatic nitrogens is 2. The number of hydrogen-bond acceptors (Lipinski definition) is 3. The molecule has 0 aliphatic heterocycles. The molecule has 0 radical (unpaired) electrons. The average molecular weight is 292 g/mol. The normalized spacial score (nSPS) is 10.2. The summed E-state index contributed by atoms with van der Waals surface area (Å²) >= 11 is 0. The highest BCUT2D eigenvalue weighted by atomic mass is 16.2. The van der Waals surface area contributed by atoms with Crippen LogP contribution in [0.3, 0.4) is 0 Å². The van der Waals surface area contributed by atoms with Crippen LogP contribution in [0.25, 0.3) is 5.69 Å². The molecule has 1 aromatic heterocycles. The van der Waals surface area contributed by atoms with Gasteiger partial charge in [-0.25, -0.2) is 4.68 Å². The van der Waals surface area contributed by atoms with E-state index in [1.54, 1.807) is 4.68 Å². The zero-order chi connectivity index (χ0) is 15.2. The van der Waals surface area contributed by atoms with E-state index >= 15 is 0 Å². The van der Waals surface area contributed by atoms with E-state index < -0.39 is 0 Å². The molecule has 110 valence electrons. The summed E-state index contributed by atoms with van der Waals surface area (Å²) in [6, 6.07) is 21.1. The fourth-order valence-electron chi connectivity index (χ4n) is 2.05. The van der Waals surface area contributed by atoms with E-state index in [1.165, 1.54) is 0 Å². The summed E-state index contributed by atoms with van der Waals surface area (Å²) in [5.41, 5.74) is 8.05. The maximum Gasteiger partial charge on any atom is 0.244 e. The van der Waals surface area contributed by atoms with Crippen LogP contribution in [-0.2, 0) is 11.2 Å². The van der Waals surface area contributed by atoms with Crippen molar-refractivity contribution < 1.29 is 4.79 Å². The van der Waals surface area contributed by atoms with Crippen molar-refractivity contribution in [2.75, 3.05) is 5.43 Å². The number of hydrazine groups is 1. The van der Waals surface area contributed by atoms with Gasteiger partial charge in [-0.15, -0.1) is 0 Å². The van der Waals surface area contributed by atoms with Crippen molar-refractivity contribution in [2.24, 2.45) is 0 Å². The number of anilines is 1. The summed E-state index contributed by atoms with van der Waals surface area (Å²) < 4.78 is 1.76. The topological polar surface area (TPSA) is 59.0 Å². The summed E-state index contributed by atoms with van der Waals surface area (Å²) in [5.74, 6) is -0.137. The first-order chi connectivity index (χ1) is 10.8. The van der Waals surface area contributed by atoms with Crippen LogP contribution in [0.15, 0.2) is 72.9 Å². The van der Waals surface area contributed by atoms with Gasteiger partial charge in [0.1, 0.15) is 0 Å². The SMILES string of the molecule is O=C(Cc1ccn(-c2ccccc2)n1)NNc1ccccc1. The number of carbonyl (C=O) groups excluding carboxylic acids is 1. The van der Waals surface area contributed by atoms with E-state index in [2.05, 4.69) is 16.0 Å². The highest BCUT2D eigenvalue weighted by Gasteiger charge is 2.07. The molecule has 0 aliphatic carbocycles. The maximum absolute atomic E-state index is 11.9. The zero-order valence-corrected chi connectivity index (χ0v) is 11.9. The molecule has 5 heteroatoms. The summed E-state index contributed by atoms with van der Waals surface area (Å²) in [7, 11) is 0. The molecule has 0 spiro atoms. The van der Waals surface area contributed by atoms with Gasteiger partial charge in [-0.2, -0.15) is 5.10 Å². The molecule has 22 heavy (non-hydrogen) atoms. The second-order valence-corrected chi connectivity index (χ2v) is 4.80. The maximum atomic E-state index is 11.9. The molecule has 0 fully saturated rings. The Hall–Kier alpha value is -3.08. The molecule has 0 saturated heterocycles. The van der Waals surface area contributed by atoms with Crippen molar-refractivity contribution in [1.29, 1.82) is 0 Å². The molecular formula is C17H16N4O. The number of benzene rings is 2. The van der Waals surface area contributed by atoms with E-state index in [4.69, 9.17) is 0 Å². The molecule has 3 aromatic rings. The van der Waals surface area contributed by atoms with Crippen molar-refractivity contribution in [3.05, 3.63) is 78.6 Å². The molecule has 2 aromatic carbocycles. The third kappa shape index (κ3) is 3.52. The number of para-hydroxylation sites is 2. The highest BCUT2D eigenvalue weighted by Crippen LogP contribution is 2.07. The van der Waals surface area contributed by atoms with Gasteiger partial charge in [0.15, 0.2) is 0 Å². The van der Waals surface area contributed by atoms with Gasteiger partial charge in [-0.1, -0.05) is 36.4 Å². The second-order valence-electron chi connectivity index (χ2n) is 4.80. The van der Waals surface area contributed by atoms with E-state index in [0.29, 0.717) is 0 Å². The molecule has 0 aliphatic rings. The zero-order valence-electron chi connectivity index (χ0n) is 11.9. The van der Waals surface area contributed by atoms with Gasteiger partial charge in [0.25, 0.3) is 0 Å². The summed E-state index contributed by atoms with van der Waals surface area (Å²) in [6.07, 6.45) is 2.07. The second kappa shape index (κ2) is 6.58. The Morgan fingerprint density at radius 1 is 0.955 bits per heavy atom. The van der Waals surface area contributed by atoms with Gasteiger partial charge in [-0.05, 0) is 30.3 Å². The first kappa shape index (κ1) is 13.9. The van der Waals surface area contributed by atoms with Crippen molar-refractivity contribution in [3.63, 3.8) is 0 Å². The third-order valence-corrected chi connectivity index (χ3v) is 3.13. The molecule has 0 saturated carbocycles. The van der Waals surface area contributed by atoms with Crippen molar-refractivity contribution in [2.45, 2.75) is 6.42 Å². The van der Waals surface area contributed by atoms with E-state index in [0.717, 1.165) is 17.1 Å². The van der Waals surface area contributed by atoms with Crippen LogP contribution in [0.4, 0.5) is 5.69 Å². The van der Waals surface area contributed by atoms with Crippen LogP contribution >= 0.6 is 0 Å². The van der Waals surface area contributed by atoms with Gasteiger partial charge in [-0.3, -0.25) is 15.6 Å². The molecule has 3 rings (SSSR count). The predicted octanol–water partition coefficient (Wildman–Crippen LogP) is 2.56. The average Bonchev–Trinajstić information content (AvgIpc) is 3.03. The minimum Gasteiger partial charge on any atom is -0.299 e. The number of amides is 1. The molecule has 5 nitrogen and oxygen atoms in total. The summed E-state index contributed by atoms with van der Waals surface area (Å²) in [5, 5.41) is 4.40. The standard InChI is InChI=1S/C17H16N4O/c22-17(19-18-14-7-3-1-4-8-14)13-15-11-12-21(20-15)16-9-5-2-6-10-16/h1-12,18H,13H2,(H,19,22). The molecule has 0 atom stereocenters. The van der Waals surface area contributed by atoms with Gasteiger partial charge in [0, 0.05) is 6.20 Å². The molecule has 0 bridgehead atoms. The molecule has 1 heterocycles. The van der Waals surface area contributed by atoms with E-state index in [-0.39, 0.29) is 12.3 Å². The molecular weight excluding hydrogens is 276 g/mol. The lowest BCUT2D eigenvalue weighted by molar-refractivity contribution is -0.120. The lowest BCUT2D eigenvalue weighted by Gasteiger charge is -2.07. The smallest absolute Gasteiger partial charge is 0.244 e. The third-order valence-electron chi connectivity index (χ3n) is 3.13. The molecule has 0 unspecified atom stereocenters. The van der Waals surface area contributed by atoms with Crippen LogP contribution in [-0.4, -0.2) is 15.7 Å². The predicted molar refractivity (Wildman–Crippen MR) is 85.5 cm³/mol. The minimum atomic E-state index is -0.137. The summed E-state index contributed by atoms with van der Waals surface area (Å²) in [4.78, 5) is 11.9. The van der Waals surface area contributed by atoms with Gasteiger partial charge < -0.3 is 0 Å². The number of carbonyl (C=O) groups is 1. The monoisotopic (exact) mass is 292 g/mol. The summed E-state index contributed by atoms with van der Waals surface area (Å²) in [6.45, 7) is 0. The number of hydrogen-bond donors (Lipinski definition) is 2. The Morgan fingerprint density at radius 2 is 1.64 bits per heavy atom. The van der Waals surface area contributed by atoms with Gasteiger partial charge in [0.05, 0.1) is 23.5 Å². The Labute approximate surface area is 128 Å². The first-order valence-corrected chi connectivity index (χ1v) is 7.01. The van der Waals surface area contributed by atoms with Crippen LogP contribution in [0.1, 0.15) is 5.69 Å². The van der Waals surface area contributed by atoms with Crippen molar-refractivity contribution in [3.8, 4) is 5.69 Å². The quantitative estimate of drug-likeness (QED) is 0.711. The van der Waals surface area contributed by atoms with Crippen LogP contribution in [0, 0.1) is 0 Å². The Kier molecular flexibility index (Phi) is 4.15. The first-order valence-electron chi connectivity index (χ1n) is 7.01. The van der Waals surface area contributed by atoms with Gasteiger partial charge in [0.2, 0.25) is 5.91 Å². The highest BCUT2D eigenvalue weighted by molar-refractivity contribution is 5.79. The Morgan fingerprint density at radius 3 is 2.36 bits per heavy atom. The minimum absolute atomic E-state index is 0.137. The largest absolute Gasteiger partial charge is 0.299 e. The lowest BCUT2D eigenvalue weighted by atomic mass is 10.3. The fraction of sp³-hybridized carbons (Fsp3) is 0.0588. The van der Waals surface area contributed by atoms with Crippen molar-refractivity contribution >= 4 is 11.6 Å². The molecule has 1 amide bonds. The fourth-order valence-corrected chi connectivity index (χ4v) is 2.05. The van der Waals surface area contributed by atoms with E-state index in [1.807, 2.05) is 72.9 Å².